The summed E-state index contributed by atoms with van der Waals surface area (Å²) in [6, 6.07) is 4.33. The molecule has 1 nitrogen and oxygen atoms in total. The molecule has 0 bridgehead atoms. The molecule has 0 radical (unpaired) electrons. The average Bonchev–Trinajstić information content (AvgIpc) is 2.19. The standard InChI is InChI=1S/C11H15F2N/c1-14-8-3-2-5-9-6-4-7-10(12)11(9)13/h4,6-7,14H,2-3,5,8H2,1H3. The highest BCUT2D eigenvalue weighted by Crippen LogP contribution is 2.13. The van der Waals surface area contributed by atoms with Crippen LogP contribution < -0.4 is 5.32 Å². The normalized spacial score (nSPS) is 10.5. The van der Waals surface area contributed by atoms with Crippen LogP contribution >= 0.6 is 0 Å². The number of aryl methyl sites for hydroxylation is 1. The number of unbranched alkanes of at least 4 members (excludes halogenated alkanes) is 1. The highest BCUT2D eigenvalue weighted by molar-refractivity contribution is 5.18. The van der Waals surface area contributed by atoms with Gasteiger partial charge >= 0.3 is 0 Å². The van der Waals surface area contributed by atoms with E-state index in [0.29, 0.717) is 12.0 Å². The Kier molecular flexibility index (Phi) is 4.53. The SMILES string of the molecule is CNCCCCc1cccc(F)c1F. The molecule has 0 unspecified atom stereocenters. The first-order valence-electron chi connectivity index (χ1n) is 4.83. The minimum atomic E-state index is -0.754. The molecule has 14 heavy (non-hydrogen) atoms. The van der Waals surface area contributed by atoms with E-state index in [1.165, 1.54) is 0 Å². The molecule has 1 aromatic carbocycles. The van der Waals surface area contributed by atoms with Crippen LogP contribution in [0.25, 0.3) is 0 Å². The summed E-state index contributed by atoms with van der Waals surface area (Å²) in [6.07, 6.45) is 2.46. The lowest BCUT2D eigenvalue weighted by atomic mass is 10.1. The van der Waals surface area contributed by atoms with Gasteiger partial charge in [-0.1, -0.05) is 12.1 Å². The van der Waals surface area contributed by atoms with Crippen LogP contribution in [0.3, 0.4) is 0 Å². The van der Waals surface area contributed by atoms with Gasteiger partial charge in [0.05, 0.1) is 0 Å². The van der Waals surface area contributed by atoms with Gasteiger partial charge in [-0.25, -0.2) is 8.78 Å². The zero-order valence-electron chi connectivity index (χ0n) is 8.32. The Bertz CT molecular complexity index is 287. The molecule has 0 heterocycles. The Morgan fingerprint density at radius 1 is 1.21 bits per heavy atom. The van der Waals surface area contributed by atoms with Crippen molar-refractivity contribution >= 4 is 0 Å². The third kappa shape index (κ3) is 3.07. The van der Waals surface area contributed by atoms with Crippen molar-refractivity contribution in [3.63, 3.8) is 0 Å². The van der Waals surface area contributed by atoms with E-state index in [9.17, 15) is 8.78 Å². The first-order chi connectivity index (χ1) is 6.75. The zero-order chi connectivity index (χ0) is 10.4. The van der Waals surface area contributed by atoms with E-state index in [0.717, 1.165) is 25.5 Å². The van der Waals surface area contributed by atoms with Gasteiger partial charge in [-0.15, -0.1) is 0 Å². The van der Waals surface area contributed by atoms with Gasteiger partial charge in [0.25, 0.3) is 0 Å². The predicted molar refractivity (Wildman–Crippen MR) is 53.2 cm³/mol. The van der Waals surface area contributed by atoms with Crippen LogP contribution in [0.1, 0.15) is 18.4 Å². The van der Waals surface area contributed by atoms with Crippen LogP contribution in [0.4, 0.5) is 8.78 Å². The van der Waals surface area contributed by atoms with Gasteiger partial charge in [0.15, 0.2) is 11.6 Å². The fraction of sp³-hybridized carbons (Fsp3) is 0.455. The maximum absolute atomic E-state index is 13.1. The first kappa shape index (κ1) is 11.1. The number of halogens is 2. The van der Waals surface area contributed by atoms with Gasteiger partial charge < -0.3 is 5.32 Å². The van der Waals surface area contributed by atoms with Gasteiger partial charge in [0.1, 0.15) is 0 Å². The molecule has 0 aliphatic carbocycles. The zero-order valence-corrected chi connectivity index (χ0v) is 8.32. The summed E-state index contributed by atoms with van der Waals surface area (Å²) in [6.45, 7) is 0.914. The molecule has 1 aromatic rings. The van der Waals surface area contributed by atoms with Crippen LogP contribution in [0, 0.1) is 11.6 Å². The highest BCUT2D eigenvalue weighted by Gasteiger charge is 2.06. The second-order valence-electron chi connectivity index (χ2n) is 3.27. The molecule has 0 saturated carbocycles. The molecule has 0 aromatic heterocycles. The lowest BCUT2D eigenvalue weighted by Crippen LogP contribution is -2.07. The van der Waals surface area contributed by atoms with E-state index in [-0.39, 0.29) is 0 Å². The van der Waals surface area contributed by atoms with Crippen molar-refractivity contribution in [2.24, 2.45) is 0 Å². The second kappa shape index (κ2) is 5.70. The molecule has 3 heteroatoms. The van der Waals surface area contributed by atoms with Crippen molar-refractivity contribution in [3.8, 4) is 0 Å². The molecule has 0 aliphatic rings. The number of benzene rings is 1. The van der Waals surface area contributed by atoms with Crippen molar-refractivity contribution in [1.29, 1.82) is 0 Å². The van der Waals surface area contributed by atoms with E-state index < -0.39 is 11.6 Å². The number of rotatable bonds is 5. The van der Waals surface area contributed by atoms with Crippen molar-refractivity contribution in [1.82, 2.24) is 5.32 Å². The first-order valence-corrected chi connectivity index (χ1v) is 4.83. The van der Waals surface area contributed by atoms with Crippen LogP contribution in [-0.2, 0) is 6.42 Å². The van der Waals surface area contributed by atoms with E-state index >= 15 is 0 Å². The summed E-state index contributed by atoms with van der Waals surface area (Å²) in [5.74, 6) is -1.45. The number of hydrogen-bond donors (Lipinski definition) is 1. The minimum Gasteiger partial charge on any atom is -0.320 e. The third-order valence-electron chi connectivity index (χ3n) is 2.15. The number of hydrogen-bond acceptors (Lipinski definition) is 1. The van der Waals surface area contributed by atoms with E-state index in [1.807, 2.05) is 7.05 Å². The Labute approximate surface area is 83.1 Å². The molecule has 0 aliphatic heterocycles. The van der Waals surface area contributed by atoms with Gasteiger partial charge in [-0.05, 0) is 44.5 Å². The molecule has 0 amide bonds. The maximum Gasteiger partial charge on any atom is 0.162 e. The summed E-state index contributed by atoms with van der Waals surface area (Å²) in [7, 11) is 1.88. The average molecular weight is 199 g/mol. The lowest BCUT2D eigenvalue weighted by molar-refractivity contribution is 0.496. The Morgan fingerprint density at radius 3 is 2.71 bits per heavy atom. The van der Waals surface area contributed by atoms with E-state index in [2.05, 4.69) is 5.32 Å². The van der Waals surface area contributed by atoms with Gasteiger partial charge in [0.2, 0.25) is 0 Å². The van der Waals surface area contributed by atoms with Crippen molar-refractivity contribution < 1.29 is 8.78 Å². The number of nitrogens with one attached hydrogen (secondary N) is 1. The fourth-order valence-corrected chi connectivity index (χ4v) is 1.36. The van der Waals surface area contributed by atoms with E-state index in [1.54, 1.807) is 12.1 Å². The van der Waals surface area contributed by atoms with Crippen LogP contribution in [0.5, 0.6) is 0 Å². The summed E-state index contributed by atoms with van der Waals surface area (Å²) in [5.41, 5.74) is 0.473. The minimum absolute atomic E-state index is 0.473. The van der Waals surface area contributed by atoms with Crippen LogP contribution in [0.15, 0.2) is 18.2 Å². The highest BCUT2D eigenvalue weighted by atomic mass is 19.2. The molecule has 0 fully saturated rings. The Hall–Kier alpha value is -0.960. The van der Waals surface area contributed by atoms with Gasteiger partial charge in [0, 0.05) is 0 Å². The predicted octanol–water partition coefficient (Wildman–Crippen LogP) is 2.51. The van der Waals surface area contributed by atoms with E-state index in [4.69, 9.17) is 0 Å². The van der Waals surface area contributed by atoms with Gasteiger partial charge in [-0.2, -0.15) is 0 Å². The van der Waals surface area contributed by atoms with Crippen LogP contribution in [-0.4, -0.2) is 13.6 Å². The molecule has 0 atom stereocenters. The molecule has 1 rings (SSSR count). The molecular formula is C11H15F2N. The molecule has 1 N–H and O–H groups in total. The van der Waals surface area contributed by atoms with Crippen molar-refractivity contribution in [2.75, 3.05) is 13.6 Å². The summed E-state index contributed by atoms with van der Waals surface area (Å²) in [4.78, 5) is 0. The van der Waals surface area contributed by atoms with Gasteiger partial charge in [-0.3, -0.25) is 0 Å². The largest absolute Gasteiger partial charge is 0.320 e. The summed E-state index contributed by atoms with van der Waals surface area (Å²) in [5, 5.41) is 3.01. The lowest BCUT2D eigenvalue weighted by Gasteiger charge is -2.03. The van der Waals surface area contributed by atoms with Crippen LogP contribution in [0.2, 0.25) is 0 Å². The molecular weight excluding hydrogens is 184 g/mol. The maximum atomic E-state index is 13.1. The third-order valence-corrected chi connectivity index (χ3v) is 2.15. The second-order valence-corrected chi connectivity index (χ2v) is 3.27. The topological polar surface area (TPSA) is 12.0 Å². The van der Waals surface area contributed by atoms with Crippen molar-refractivity contribution in [3.05, 3.63) is 35.4 Å². The molecule has 0 saturated heterocycles. The quantitative estimate of drug-likeness (QED) is 0.718. The Morgan fingerprint density at radius 2 is 2.00 bits per heavy atom. The Balaban J connectivity index is 2.46. The monoisotopic (exact) mass is 199 g/mol. The smallest absolute Gasteiger partial charge is 0.162 e. The molecule has 0 spiro atoms. The fourth-order valence-electron chi connectivity index (χ4n) is 1.36. The summed E-state index contributed by atoms with van der Waals surface area (Å²) < 4.78 is 25.9. The summed E-state index contributed by atoms with van der Waals surface area (Å²) >= 11 is 0. The molecule has 78 valence electrons. The van der Waals surface area contributed by atoms with Crippen molar-refractivity contribution in [2.45, 2.75) is 19.3 Å².